The van der Waals surface area contributed by atoms with Gasteiger partial charge >= 0.3 is 39.5 Å². The Balaban J connectivity index is 5.23. The third-order valence-electron chi connectivity index (χ3n) is 18.0. The van der Waals surface area contributed by atoms with Crippen molar-refractivity contribution in [3.8, 4) is 0 Å². The van der Waals surface area contributed by atoms with Crippen molar-refractivity contribution in [2.75, 3.05) is 39.6 Å². The zero-order chi connectivity index (χ0) is 70.7. The first-order chi connectivity index (χ1) is 46.4. The number of esters is 4. The highest BCUT2D eigenvalue weighted by Crippen LogP contribution is 2.45. The van der Waals surface area contributed by atoms with Crippen LogP contribution in [-0.2, 0) is 65.4 Å². The summed E-state index contributed by atoms with van der Waals surface area (Å²) < 4.78 is 68.6. The van der Waals surface area contributed by atoms with E-state index >= 15 is 0 Å². The summed E-state index contributed by atoms with van der Waals surface area (Å²) in [6.07, 6.45) is 56.7. The average Bonchev–Trinajstić information content (AvgIpc) is 1.39. The van der Waals surface area contributed by atoms with Crippen LogP contribution in [0.1, 0.15) is 401 Å². The highest BCUT2D eigenvalue weighted by Gasteiger charge is 2.30. The summed E-state index contributed by atoms with van der Waals surface area (Å²) in [4.78, 5) is 72.8. The van der Waals surface area contributed by atoms with Gasteiger partial charge in [0.25, 0.3) is 0 Å². The summed E-state index contributed by atoms with van der Waals surface area (Å²) in [5, 5.41) is 10.6. The summed E-state index contributed by atoms with van der Waals surface area (Å²) in [5.41, 5.74) is 0. The van der Waals surface area contributed by atoms with Crippen LogP contribution in [0.25, 0.3) is 0 Å². The van der Waals surface area contributed by atoms with Gasteiger partial charge in [-0.05, 0) is 37.5 Å². The number of phosphoric ester groups is 2. The molecular weight excluding hydrogens is 1260 g/mol. The van der Waals surface area contributed by atoms with Gasteiger partial charge in [-0.15, -0.1) is 0 Å². The van der Waals surface area contributed by atoms with E-state index < -0.39 is 97.5 Å². The molecule has 0 amide bonds. The minimum absolute atomic E-state index is 0.108. The Morgan fingerprint density at radius 2 is 0.479 bits per heavy atom. The first-order valence-corrected chi connectivity index (χ1v) is 43.0. The Kier molecular flexibility index (Phi) is 67.4. The molecule has 5 atom stereocenters. The molecule has 3 N–H and O–H groups in total. The van der Waals surface area contributed by atoms with E-state index in [1.165, 1.54) is 218 Å². The number of hydrogen-bond donors (Lipinski definition) is 3. The van der Waals surface area contributed by atoms with E-state index in [-0.39, 0.29) is 25.7 Å². The molecule has 0 heterocycles. The van der Waals surface area contributed by atoms with Crippen LogP contribution in [0, 0.1) is 11.8 Å². The Hall–Kier alpha value is -1.94. The second-order valence-corrected chi connectivity index (χ2v) is 31.6. The zero-order valence-corrected chi connectivity index (χ0v) is 64.5. The van der Waals surface area contributed by atoms with Crippen molar-refractivity contribution in [2.24, 2.45) is 11.8 Å². The normalized spacial score (nSPS) is 14.0. The van der Waals surface area contributed by atoms with Crippen molar-refractivity contribution in [1.82, 2.24) is 0 Å². The summed E-state index contributed by atoms with van der Waals surface area (Å²) in [7, 11) is -9.91. The Morgan fingerprint density at radius 3 is 0.708 bits per heavy atom. The van der Waals surface area contributed by atoms with Gasteiger partial charge in [-0.3, -0.25) is 37.3 Å². The molecule has 0 aliphatic rings. The van der Waals surface area contributed by atoms with Crippen LogP contribution in [0.5, 0.6) is 0 Å². The average molecular weight is 1410 g/mol. The third kappa shape index (κ3) is 70.5. The molecule has 96 heavy (non-hydrogen) atoms. The van der Waals surface area contributed by atoms with Crippen LogP contribution in [-0.4, -0.2) is 96.7 Å². The molecule has 570 valence electrons. The molecule has 0 aromatic carbocycles. The highest BCUT2D eigenvalue weighted by atomic mass is 31.2. The van der Waals surface area contributed by atoms with Crippen molar-refractivity contribution in [2.45, 2.75) is 419 Å². The second kappa shape index (κ2) is 68.8. The molecule has 0 spiro atoms. The van der Waals surface area contributed by atoms with Gasteiger partial charge in [0.1, 0.15) is 19.3 Å². The number of aliphatic hydroxyl groups is 1. The van der Waals surface area contributed by atoms with Gasteiger partial charge in [-0.2, -0.15) is 0 Å². The predicted molar refractivity (Wildman–Crippen MR) is 391 cm³/mol. The molecule has 0 aliphatic heterocycles. The van der Waals surface area contributed by atoms with E-state index in [0.717, 1.165) is 102 Å². The largest absolute Gasteiger partial charge is 0.472 e. The number of carbonyl (C=O) groups is 4. The molecule has 0 bridgehead atoms. The second-order valence-electron chi connectivity index (χ2n) is 28.7. The molecule has 0 aromatic rings. The summed E-state index contributed by atoms with van der Waals surface area (Å²) in [5.74, 6) is -0.535. The van der Waals surface area contributed by atoms with E-state index in [1.807, 2.05) is 0 Å². The fourth-order valence-corrected chi connectivity index (χ4v) is 13.4. The van der Waals surface area contributed by atoms with Crippen molar-refractivity contribution >= 4 is 39.5 Å². The Bertz CT molecular complexity index is 1860. The maximum Gasteiger partial charge on any atom is 0.472 e. The number of hydrogen-bond acceptors (Lipinski definition) is 15. The lowest BCUT2D eigenvalue weighted by atomic mass is 10.0. The van der Waals surface area contributed by atoms with Crippen LogP contribution >= 0.6 is 15.6 Å². The van der Waals surface area contributed by atoms with Gasteiger partial charge in [0, 0.05) is 25.7 Å². The van der Waals surface area contributed by atoms with Gasteiger partial charge in [0.05, 0.1) is 26.4 Å². The first kappa shape index (κ1) is 94.1. The molecule has 0 saturated heterocycles. The van der Waals surface area contributed by atoms with Crippen molar-refractivity contribution in [3.63, 3.8) is 0 Å². The lowest BCUT2D eigenvalue weighted by molar-refractivity contribution is -0.161. The summed E-state index contributed by atoms with van der Waals surface area (Å²) in [6, 6.07) is 0. The number of unbranched alkanes of at least 4 members (excludes halogenated alkanes) is 46. The number of rotatable bonds is 76. The highest BCUT2D eigenvalue weighted by molar-refractivity contribution is 7.47. The number of ether oxygens (including phenoxy) is 4. The number of aliphatic hydroxyl groups excluding tert-OH is 1. The fourth-order valence-electron chi connectivity index (χ4n) is 11.8. The third-order valence-corrected chi connectivity index (χ3v) is 19.9. The molecule has 0 rings (SSSR count). The molecule has 17 nitrogen and oxygen atoms in total. The van der Waals surface area contributed by atoms with Crippen molar-refractivity contribution < 1.29 is 80.2 Å². The van der Waals surface area contributed by atoms with Crippen LogP contribution in [0.15, 0.2) is 0 Å². The van der Waals surface area contributed by atoms with Crippen molar-refractivity contribution in [3.05, 3.63) is 0 Å². The summed E-state index contributed by atoms with van der Waals surface area (Å²) in [6.45, 7) is 9.63. The van der Waals surface area contributed by atoms with Gasteiger partial charge in [0.15, 0.2) is 12.2 Å². The van der Waals surface area contributed by atoms with Crippen LogP contribution in [0.4, 0.5) is 0 Å². The van der Waals surface area contributed by atoms with E-state index in [1.54, 1.807) is 0 Å². The molecule has 0 saturated carbocycles. The maximum atomic E-state index is 13.1. The van der Waals surface area contributed by atoms with Crippen LogP contribution in [0.3, 0.4) is 0 Å². The molecular formula is C77H150O17P2. The van der Waals surface area contributed by atoms with Gasteiger partial charge in [-0.1, -0.05) is 350 Å². The topological polar surface area (TPSA) is 237 Å². The minimum atomic E-state index is -4.96. The molecule has 0 fully saturated rings. The smallest absolute Gasteiger partial charge is 0.462 e. The standard InChI is InChI=1S/C77H150O17P2/c1-7-9-11-13-15-17-18-19-20-25-31-37-43-49-55-61-76(81)93-72(65-87-74(79)59-53-47-41-33-16-14-12-10-8-2)67-91-95(83,84)89-63-71(78)64-90-96(85,86)92-68-73(94-77(82)62-56-50-44-38-32-27-22-24-29-35-40-46-52-58-70(5)6)66-88-75(80)60-54-48-42-36-30-26-21-23-28-34-39-45-51-57-69(3)4/h69-73,78H,7-68H2,1-6H3,(H,83,84)(H,85,86)/t71-,72+,73+/m0/s1. The molecule has 0 aliphatic carbocycles. The number of phosphoric acid groups is 2. The van der Waals surface area contributed by atoms with Crippen LogP contribution < -0.4 is 0 Å². The monoisotopic (exact) mass is 1410 g/mol. The fraction of sp³-hybridized carbons (Fsp3) is 0.948. The predicted octanol–water partition coefficient (Wildman–Crippen LogP) is 22.7. The Labute approximate surface area is 588 Å². The van der Waals surface area contributed by atoms with E-state index in [0.29, 0.717) is 25.7 Å². The molecule has 19 heteroatoms. The van der Waals surface area contributed by atoms with Crippen LogP contribution in [0.2, 0.25) is 0 Å². The molecule has 0 radical (unpaired) electrons. The van der Waals surface area contributed by atoms with Gasteiger partial charge in [0.2, 0.25) is 0 Å². The van der Waals surface area contributed by atoms with E-state index in [4.69, 9.17) is 37.0 Å². The van der Waals surface area contributed by atoms with Gasteiger partial charge in [-0.25, -0.2) is 9.13 Å². The first-order valence-electron chi connectivity index (χ1n) is 40.0. The Morgan fingerprint density at radius 1 is 0.281 bits per heavy atom. The lowest BCUT2D eigenvalue weighted by Gasteiger charge is -2.21. The molecule has 2 unspecified atom stereocenters. The quantitative estimate of drug-likeness (QED) is 0.0222. The minimum Gasteiger partial charge on any atom is -0.462 e. The summed E-state index contributed by atoms with van der Waals surface area (Å²) >= 11 is 0. The number of carbonyl (C=O) groups excluding carboxylic acids is 4. The SMILES string of the molecule is CCCCCCCCCCCCCCCCCC(=O)O[C@H](COC(=O)CCCCCCCCCCC)COP(=O)(O)OC[C@H](O)COP(=O)(O)OC[C@@H](COC(=O)CCCCCCCCCCCCCCCC(C)C)OC(=O)CCCCCCCCCCCCCCCC(C)C. The zero-order valence-electron chi connectivity index (χ0n) is 62.7. The maximum absolute atomic E-state index is 13.1. The van der Waals surface area contributed by atoms with Crippen molar-refractivity contribution in [1.29, 1.82) is 0 Å². The lowest BCUT2D eigenvalue weighted by Crippen LogP contribution is -2.30. The van der Waals surface area contributed by atoms with Gasteiger partial charge < -0.3 is 33.8 Å². The van der Waals surface area contributed by atoms with E-state index in [2.05, 4.69) is 41.5 Å². The van der Waals surface area contributed by atoms with E-state index in [9.17, 15) is 43.2 Å². The molecule has 0 aromatic heterocycles.